The number of carbonyl (C=O) groups is 3. The molecule has 0 unspecified atom stereocenters. The number of unbranched alkanes of at least 4 members (excludes halogenated alkanes) is 10. The summed E-state index contributed by atoms with van der Waals surface area (Å²) in [5.74, 6) is -1.91. The molecule has 2 aromatic carbocycles. The summed E-state index contributed by atoms with van der Waals surface area (Å²) in [5, 5.41) is 0.624. The summed E-state index contributed by atoms with van der Waals surface area (Å²) in [6.07, 6.45) is 13.8. The maximum absolute atomic E-state index is 13.6. The monoisotopic (exact) mass is 695 g/mol. The highest BCUT2D eigenvalue weighted by Gasteiger charge is 2.30. The fourth-order valence-corrected chi connectivity index (χ4v) is 7.14. The highest BCUT2D eigenvalue weighted by atomic mass is 32.2. The number of rotatable bonds is 25. The van der Waals surface area contributed by atoms with Gasteiger partial charge in [0, 0.05) is 18.0 Å². The molecule has 2 atom stereocenters. The first-order valence-corrected chi connectivity index (χ1v) is 19.2. The number of primary amides is 1. The van der Waals surface area contributed by atoms with Crippen molar-refractivity contribution < 1.29 is 32.3 Å². The Bertz CT molecular complexity index is 1540. The van der Waals surface area contributed by atoms with E-state index in [2.05, 4.69) is 16.6 Å². The van der Waals surface area contributed by atoms with Crippen LogP contribution >= 0.6 is 0 Å². The van der Waals surface area contributed by atoms with Gasteiger partial charge in [0.15, 0.2) is 0 Å². The molecule has 10 nitrogen and oxygen atoms in total. The topological polar surface area (TPSA) is 155 Å². The van der Waals surface area contributed by atoms with E-state index < -0.39 is 40.0 Å². The average molecular weight is 696 g/mol. The summed E-state index contributed by atoms with van der Waals surface area (Å²) < 4.78 is 40.9. The Morgan fingerprint density at radius 1 is 0.796 bits per heavy atom. The lowest BCUT2D eigenvalue weighted by atomic mass is 10.0. The molecule has 0 aliphatic heterocycles. The minimum atomic E-state index is -4.25. The van der Waals surface area contributed by atoms with Crippen LogP contribution < -0.4 is 10.5 Å². The molecule has 0 fully saturated rings. The third-order valence-electron chi connectivity index (χ3n) is 8.42. The Morgan fingerprint density at radius 3 is 2.12 bits per heavy atom. The van der Waals surface area contributed by atoms with Crippen molar-refractivity contribution in [2.75, 3.05) is 0 Å². The Kier molecular flexibility index (Phi) is 17.8. The summed E-state index contributed by atoms with van der Waals surface area (Å²) in [6.45, 7) is 2.33. The number of hydrogen-bond donors (Lipinski definition) is 2. The fourth-order valence-electron chi connectivity index (χ4n) is 5.74. The molecule has 0 bridgehead atoms. The van der Waals surface area contributed by atoms with Crippen molar-refractivity contribution in [2.45, 2.75) is 133 Å². The van der Waals surface area contributed by atoms with E-state index in [1.54, 1.807) is 24.3 Å². The Hall–Kier alpha value is -3.83. The number of nitrogens with two attached hydrogens (primary N) is 1. The number of ether oxygens (including phenoxy) is 2. The largest absolute Gasteiger partial charge is 0.461 e. The van der Waals surface area contributed by atoms with Gasteiger partial charge >= 0.3 is 11.9 Å². The van der Waals surface area contributed by atoms with E-state index in [0.717, 1.165) is 31.2 Å². The Morgan fingerprint density at radius 2 is 1.45 bits per heavy atom. The first kappa shape index (κ1) is 39.6. The Balaban J connectivity index is 1.61. The number of amides is 1. The van der Waals surface area contributed by atoms with Gasteiger partial charge in [0.25, 0.3) is 0 Å². The van der Waals surface area contributed by atoms with Crippen LogP contribution in [0.3, 0.4) is 0 Å². The molecule has 0 saturated heterocycles. The van der Waals surface area contributed by atoms with Crippen LogP contribution in [0.5, 0.6) is 0 Å². The normalized spacial score (nSPS) is 12.8. The van der Waals surface area contributed by atoms with Crippen molar-refractivity contribution in [1.82, 2.24) is 9.71 Å². The summed E-state index contributed by atoms with van der Waals surface area (Å²) in [6, 6.07) is 16.1. The summed E-state index contributed by atoms with van der Waals surface area (Å²) in [4.78, 5) is 42.1. The molecule has 1 heterocycles. The van der Waals surface area contributed by atoms with Gasteiger partial charge < -0.3 is 15.2 Å². The third-order valence-corrected chi connectivity index (χ3v) is 9.93. The van der Waals surface area contributed by atoms with Crippen LogP contribution in [0, 0.1) is 0 Å². The number of aromatic nitrogens is 1. The first-order chi connectivity index (χ1) is 23.7. The first-order valence-electron chi connectivity index (χ1n) is 17.7. The van der Waals surface area contributed by atoms with Gasteiger partial charge in [-0.15, -0.1) is 0 Å². The van der Waals surface area contributed by atoms with E-state index in [1.165, 1.54) is 57.2 Å². The molecule has 0 radical (unpaired) electrons. The predicted molar refractivity (Wildman–Crippen MR) is 191 cm³/mol. The number of nitrogens with zero attached hydrogens (tertiary/aromatic N) is 1. The van der Waals surface area contributed by atoms with Gasteiger partial charge in [0.05, 0.1) is 11.9 Å². The molecule has 0 aliphatic carbocycles. The lowest BCUT2D eigenvalue weighted by Gasteiger charge is -2.22. The van der Waals surface area contributed by atoms with Crippen LogP contribution in [0.1, 0.15) is 115 Å². The quantitative estimate of drug-likeness (QED) is 0.0692. The molecular weight excluding hydrogens is 642 g/mol. The number of nitrogens with one attached hydrogen (secondary N) is 1. The van der Waals surface area contributed by atoms with Crippen molar-refractivity contribution in [3.05, 3.63) is 72.4 Å². The number of esters is 2. The number of hydrogen-bond acceptors (Lipinski definition) is 8. The number of pyridine rings is 1. The van der Waals surface area contributed by atoms with Crippen molar-refractivity contribution in [3.63, 3.8) is 0 Å². The predicted octanol–water partition coefficient (Wildman–Crippen LogP) is 7.28. The van der Waals surface area contributed by atoms with E-state index >= 15 is 0 Å². The van der Waals surface area contributed by atoms with Crippen molar-refractivity contribution in [3.8, 4) is 0 Å². The van der Waals surface area contributed by atoms with Gasteiger partial charge in [-0.3, -0.25) is 19.4 Å². The standard InChI is InChI=1S/C38H53N3O7S/c1-2-3-4-5-6-7-8-9-10-11-15-23-32(28-35(39)42)48-38(44)33(24-17-26-36(43)47-29-30-19-13-12-14-20-30)41-49(45,46)34-25-16-21-31-22-18-27-40-37(31)34/h12-14,16,18-22,25,27,32-33,41H,2-11,15,17,23-24,26,28-29H2,1H3,(H2,39,42)/t32-,33-/m0/s1. The van der Waals surface area contributed by atoms with Gasteiger partial charge in [-0.1, -0.05) is 120 Å². The third kappa shape index (κ3) is 15.1. The average Bonchev–Trinajstić information content (AvgIpc) is 3.09. The second-order valence-electron chi connectivity index (χ2n) is 12.6. The second kappa shape index (κ2) is 22.0. The molecule has 3 N–H and O–H groups in total. The van der Waals surface area contributed by atoms with Crippen LogP contribution in [-0.4, -0.2) is 43.4 Å². The highest BCUT2D eigenvalue weighted by Crippen LogP contribution is 2.22. The number of sulfonamides is 1. The smallest absolute Gasteiger partial charge is 0.324 e. The van der Waals surface area contributed by atoms with Crippen molar-refractivity contribution in [2.24, 2.45) is 5.73 Å². The van der Waals surface area contributed by atoms with Crippen LogP contribution in [0.15, 0.2) is 71.8 Å². The molecular formula is C38H53N3O7S. The lowest BCUT2D eigenvalue weighted by molar-refractivity contribution is -0.153. The van der Waals surface area contributed by atoms with E-state index in [0.29, 0.717) is 11.8 Å². The van der Waals surface area contributed by atoms with Gasteiger partial charge in [-0.2, -0.15) is 4.72 Å². The van der Waals surface area contributed by atoms with Gasteiger partial charge in [-0.25, -0.2) is 8.42 Å². The van der Waals surface area contributed by atoms with Crippen LogP contribution in [-0.2, 0) is 40.5 Å². The molecule has 3 aromatic rings. The van der Waals surface area contributed by atoms with E-state index in [4.69, 9.17) is 15.2 Å². The van der Waals surface area contributed by atoms with Crippen molar-refractivity contribution >= 4 is 38.8 Å². The summed E-state index contributed by atoms with van der Waals surface area (Å²) in [7, 11) is -4.25. The van der Waals surface area contributed by atoms with Gasteiger partial charge in [0.2, 0.25) is 15.9 Å². The van der Waals surface area contributed by atoms with E-state index in [9.17, 15) is 22.8 Å². The lowest BCUT2D eigenvalue weighted by Crippen LogP contribution is -2.43. The summed E-state index contributed by atoms with van der Waals surface area (Å²) >= 11 is 0. The van der Waals surface area contributed by atoms with E-state index in [1.807, 2.05) is 30.3 Å². The molecule has 268 valence electrons. The number of carbonyl (C=O) groups excluding carboxylic acids is 3. The maximum atomic E-state index is 13.6. The number of para-hydroxylation sites is 1. The van der Waals surface area contributed by atoms with Crippen LogP contribution in [0.4, 0.5) is 0 Å². The minimum Gasteiger partial charge on any atom is -0.461 e. The van der Waals surface area contributed by atoms with Gasteiger partial charge in [-0.05, 0) is 43.4 Å². The number of benzene rings is 2. The zero-order chi connectivity index (χ0) is 35.3. The summed E-state index contributed by atoms with van der Waals surface area (Å²) in [5.41, 5.74) is 6.59. The zero-order valence-corrected chi connectivity index (χ0v) is 29.6. The minimum absolute atomic E-state index is 0.0293. The Labute approximate surface area is 291 Å². The van der Waals surface area contributed by atoms with Gasteiger partial charge in [0.1, 0.15) is 23.6 Å². The van der Waals surface area contributed by atoms with E-state index in [-0.39, 0.29) is 42.7 Å². The zero-order valence-electron chi connectivity index (χ0n) is 28.8. The molecule has 0 spiro atoms. The molecule has 1 aromatic heterocycles. The van der Waals surface area contributed by atoms with Crippen LogP contribution in [0.25, 0.3) is 10.9 Å². The molecule has 49 heavy (non-hydrogen) atoms. The second-order valence-corrected chi connectivity index (χ2v) is 14.3. The van der Waals surface area contributed by atoms with Crippen LogP contribution in [0.2, 0.25) is 0 Å². The molecule has 3 rings (SSSR count). The fraction of sp³-hybridized carbons (Fsp3) is 0.526. The van der Waals surface area contributed by atoms with Crippen molar-refractivity contribution in [1.29, 1.82) is 0 Å². The molecule has 1 amide bonds. The molecule has 11 heteroatoms. The molecule has 0 saturated carbocycles. The highest BCUT2D eigenvalue weighted by molar-refractivity contribution is 7.89. The molecule has 0 aliphatic rings. The number of fused-ring (bicyclic) bond motifs is 1. The maximum Gasteiger partial charge on any atom is 0.324 e. The SMILES string of the molecule is CCCCCCCCCCCCC[C@@H](CC(N)=O)OC(=O)[C@H](CCCC(=O)OCc1ccccc1)NS(=O)(=O)c1cccc2cccnc12.